The average molecular weight is 549 g/mol. The van der Waals surface area contributed by atoms with Crippen molar-refractivity contribution in [2.24, 2.45) is 11.8 Å². The Morgan fingerprint density at radius 3 is 2.10 bits per heavy atom. The van der Waals surface area contributed by atoms with Gasteiger partial charge in [-0.1, -0.05) is 72.8 Å². The Morgan fingerprint density at radius 2 is 1.52 bits per heavy atom. The lowest BCUT2D eigenvalue weighted by Crippen LogP contribution is -2.45. The smallest absolute Gasteiger partial charge is 0.309 e. The van der Waals surface area contributed by atoms with Crippen LogP contribution in [0, 0.1) is 11.8 Å². The number of allylic oxidation sites excluding steroid dienone is 2. The largest absolute Gasteiger partial charge is 0.463 e. The van der Waals surface area contributed by atoms with Crippen LogP contribution in [0.3, 0.4) is 0 Å². The van der Waals surface area contributed by atoms with Crippen LogP contribution in [0.25, 0.3) is 0 Å². The number of hydrogen-bond donors (Lipinski definition) is 3. The Labute approximate surface area is 238 Å². The maximum atomic E-state index is 13.3. The first kappa shape index (κ1) is 32.5. The number of unbranched alkanes of at least 4 members (excludes halogenated alkanes) is 1. The van der Waals surface area contributed by atoms with Gasteiger partial charge in [-0.25, -0.2) is 0 Å². The molecule has 0 spiro atoms. The van der Waals surface area contributed by atoms with Gasteiger partial charge in [0, 0.05) is 12.5 Å². The van der Waals surface area contributed by atoms with E-state index in [1.807, 2.05) is 66.7 Å². The highest BCUT2D eigenvalue weighted by Gasteiger charge is 2.26. The normalized spacial score (nSPS) is 13.8. The number of amides is 2. The number of rotatable bonds is 19. The van der Waals surface area contributed by atoms with Crippen molar-refractivity contribution in [3.63, 3.8) is 0 Å². The lowest BCUT2D eigenvalue weighted by Gasteiger charge is -2.24. The molecule has 40 heavy (non-hydrogen) atoms. The molecule has 0 saturated carbocycles. The summed E-state index contributed by atoms with van der Waals surface area (Å²) in [5, 5.41) is 14.9. The van der Waals surface area contributed by atoms with Crippen molar-refractivity contribution in [2.75, 3.05) is 13.2 Å². The van der Waals surface area contributed by atoms with Crippen LogP contribution < -0.4 is 10.6 Å². The van der Waals surface area contributed by atoms with Crippen molar-refractivity contribution >= 4 is 17.8 Å². The predicted molar refractivity (Wildman–Crippen MR) is 158 cm³/mol. The molecule has 0 fully saturated rings. The third kappa shape index (κ3) is 12.4. The van der Waals surface area contributed by atoms with E-state index in [4.69, 9.17) is 4.74 Å². The molecule has 0 aliphatic heterocycles. The van der Waals surface area contributed by atoms with Crippen LogP contribution in [-0.2, 0) is 32.0 Å². The SMILES string of the molecule is C=CCCC[C@H](Cc1ccccc1)C(=O)OC[C@@H](Cc1ccccc1)NC(=O)[C@H](CC=C)CC(=O)N[C@H](C)CO. The minimum atomic E-state index is -0.637. The molecular formula is C33H44N2O5. The maximum Gasteiger partial charge on any atom is 0.309 e. The van der Waals surface area contributed by atoms with Gasteiger partial charge in [-0.2, -0.15) is 0 Å². The van der Waals surface area contributed by atoms with Crippen LogP contribution in [0.15, 0.2) is 86.0 Å². The molecule has 2 rings (SSSR count). The molecule has 7 heteroatoms. The van der Waals surface area contributed by atoms with Crippen molar-refractivity contribution in [2.45, 2.75) is 64.0 Å². The highest BCUT2D eigenvalue weighted by Crippen LogP contribution is 2.18. The zero-order valence-corrected chi connectivity index (χ0v) is 23.6. The second kappa shape index (κ2) is 18.6. The first-order valence-corrected chi connectivity index (χ1v) is 14.0. The number of benzene rings is 2. The summed E-state index contributed by atoms with van der Waals surface area (Å²) in [5.41, 5.74) is 2.06. The van der Waals surface area contributed by atoms with Gasteiger partial charge in [0.2, 0.25) is 11.8 Å². The fraction of sp³-hybridized carbons (Fsp3) is 0.424. The Morgan fingerprint density at radius 1 is 0.900 bits per heavy atom. The number of ether oxygens (including phenoxy) is 1. The fourth-order valence-corrected chi connectivity index (χ4v) is 4.47. The summed E-state index contributed by atoms with van der Waals surface area (Å²) in [6, 6.07) is 18.7. The second-order valence-corrected chi connectivity index (χ2v) is 10.2. The molecule has 0 unspecified atom stereocenters. The van der Waals surface area contributed by atoms with Crippen molar-refractivity contribution in [3.8, 4) is 0 Å². The Bertz CT molecular complexity index is 1060. The number of hydrogen-bond acceptors (Lipinski definition) is 5. The van der Waals surface area contributed by atoms with Gasteiger partial charge in [0.25, 0.3) is 0 Å². The highest BCUT2D eigenvalue weighted by molar-refractivity contribution is 5.86. The van der Waals surface area contributed by atoms with Crippen LogP contribution in [0.2, 0.25) is 0 Å². The van der Waals surface area contributed by atoms with Crippen LogP contribution in [-0.4, -0.2) is 48.2 Å². The molecule has 0 aliphatic carbocycles. The van der Waals surface area contributed by atoms with E-state index in [1.54, 1.807) is 13.0 Å². The second-order valence-electron chi connectivity index (χ2n) is 10.2. The topological polar surface area (TPSA) is 105 Å². The van der Waals surface area contributed by atoms with Crippen LogP contribution in [0.4, 0.5) is 0 Å². The molecule has 2 aromatic carbocycles. The molecule has 4 atom stereocenters. The van der Waals surface area contributed by atoms with Gasteiger partial charge in [0.05, 0.1) is 24.5 Å². The summed E-state index contributed by atoms with van der Waals surface area (Å²) in [6.45, 7) is 9.02. The first-order chi connectivity index (χ1) is 19.4. The van der Waals surface area contributed by atoms with E-state index in [-0.39, 0.29) is 43.3 Å². The molecule has 0 aromatic heterocycles. The lowest BCUT2D eigenvalue weighted by molar-refractivity contribution is -0.150. The minimum Gasteiger partial charge on any atom is -0.463 e. The number of aliphatic hydroxyl groups is 1. The summed E-state index contributed by atoms with van der Waals surface area (Å²) < 4.78 is 5.82. The average Bonchev–Trinajstić information content (AvgIpc) is 2.96. The van der Waals surface area contributed by atoms with E-state index in [0.717, 1.165) is 24.0 Å². The molecule has 0 aliphatic rings. The molecule has 216 valence electrons. The zero-order chi connectivity index (χ0) is 29.2. The number of esters is 1. The molecule has 0 bridgehead atoms. The number of nitrogens with one attached hydrogen (secondary N) is 2. The van der Waals surface area contributed by atoms with E-state index < -0.39 is 18.0 Å². The molecule has 0 saturated heterocycles. The van der Waals surface area contributed by atoms with E-state index in [0.29, 0.717) is 25.7 Å². The minimum absolute atomic E-state index is 0.0147. The fourth-order valence-electron chi connectivity index (χ4n) is 4.47. The lowest BCUT2D eigenvalue weighted by atomic mass is 9.94. The number of aliphatic hydroxyl groups excluding tert-OH is 1. The molecule has 7 nitrogen and oxygen atoms in total. The van der Waals surface area contributed by atoms with Gasteiger partial charge in [-0.05, 0) is 56.6 Å². The van der Waals surface area contributed by atoms with Gasteiger partial charge in [-0.15, -0.1) is 13.2 Å². The highest BCUT2D eigenvalue weighted by atomic mass is 16.5. The van der Waals surface area contributed by atoms with Gasteiger partial charge in [0.15, 0.2) is 0 Å². The third-order valence-electron chi connectivity index (χ3n) is 6.65. The summed E-state index contributed by atoms with van der Waals surface area (Å²) in [7, 11) is 0. The van der Waals surface area contributed by atoms with Crippen molar-refractivity contribution in [3.05, 3.63) is 97.1 Å². The van der Waals surface area contributed by atoms with Crippen LogP contribution >= 0.6 is 0 Å². The monoisotopic (exact) mass is 548 g/mol. The zero-order valence-electron chi connectivity index (χ0n) is 23.6. The van der Waals surface area contributed by atoms with E-state index in [9.17, 15) is 19.5 Å². The van der Waals surface area contributed by atoms with E-state index in [2.05, 4.69) is 23.8 Å². The number of carbonyl (C=O) groups excluding carboxylic acids is 3. The van der Waals surface area contributed by atoms with Crippen LogP contribution in [0.1, 0.15) is 50.2 Å². The van der Waals surface area contributed by atoms with E-state index >= 15 is 0 Å². The van der Waals surface area contributed by atoms with Gasteiger partial charge >= 0.3 is 5.97 Å². The Hall–Kier alpha value is -3.71. The molecule has 2 aromatic rings. The summed E-state index contributed by atoms with van der Waals surface area (Å²) >= 11 is 0. The van der Waals surface area contributed by atoms with E-state index in [1.165, 1.54) is 0 Å². The van der Waals surface area contributed by atoms with Crippen molar-refractivity contribution in [1.29, 1.82) is 0 Å². The summed E-state index contributed by atoms with van der Waals surface area (Å²) in [4.78, 5) is 38.9. The quantitative estimate of drug-likeness (QED) is 0.136. The Kier molecular flexibility index (Phi) is 15.1. The molecule has 3 N–H and O–H groups in total. The summed E-state index contributed by atoms with van der Waals surface area (Å²) in [6.07, 6.45) is 7.11. The summed E-state index contributed by atoms with van der Waals surface area (Å²) in [5.74, 6) is -1.86. The number of carbonyl (C=O) groups is 3. The predicted octanol–water partition coefficient (Wildman–Crippen LogP) is 4.55. The van der Waals surface area contributed by atoms with Gasteiger partial charge in [-0.3, -0.25) is 14.4 Å². The van der Waals surface area contributed by atoms with Crippen molar-refractivity contribution in [1.82, 2.24) is 10.6 Å². The molecule has 2 amide bonds. The Balaban J connectivity index is 2.12. The molecule has 0 heterocycles. The molecule has 0 radical (unpaired) electrons. The first-order valence-electron chi connectivity index (χ1n) is 14.0. The van der Waals surface area contributed by atoms with Gasteiger partial charge in [0.1, 0.15) is 6.61 Å². The van der Waals surface area contributed by atoms with Crippen LogP contribution in [0.5, 0.6) is 0 Å². The third-order valence-corrected chi connectivity index (χ3v) is 6.65. The maximum absolute atomic E-state index is 13.3. The van der Waals surface area contributed by atoms with Crippen molar-refractivity contribution < 1.29 is 24.2 Å². The molecular weight excluding hydrogens is 504 g/mol. The standard InChI is InChI=1S/C33H44N2O5/c1-4-6-9-19-29(20-26-15-10-7-11-16-26)33(39)40-24-30(21-27-17-12-8-13-18-27)35-32(38)28(14-5-2)22-31(37)34-25(3)23-36/h4-5,7-8,10-13,15-18,25,28-30,36H,1-2,6,9,14,19-24H2,3H3,(H,34,37)(H,35,38)/t25-,28-,29-,30-/m1/s1. The van der Waals surface area contributed by atoms with Gasteiger partial charge < -0.3 is 20.5 Å².